The Kier molecular flexibility index (Phi) is 4.36. The summed E-state index contributed by atoms with van der Waals surface area (Å²) >= 11 is 0. The highest BCUT2D eigenvalue weighted by Gasteiger charge is 2.70. The molecule has 160 valence electrons. The second kappa shape index (κ2) is 7.19. The second-order valence-corrected chi connectivity index (χ2v) is 10.2. The topological polar surface area (TPSA) is 23.8 Å². The average molecular weight is 426 g/mol. The monoisotopic (exact) mass is 425 g/mol. The van der Waals surface area contributed by atoms with Crippen LogP contribution in [0.25, 0.3) is 0 Å². The first-order valence-electron chi connectivity index (χ1n) is 11.8. The van der Waals surface area contributed by atoms with Gasteiger partial charge in [0.25, 0.3) is 0 Å². The fraction of sp³-hybridized carbons (Fsp3) is 0.219. The van der Waals surface area contributed by atoms with Gasteiger partial charge in [-0.05, 0) is 51.3 Å². The van der Waals surface area contributed by atoms with Gasteiger partial charge in [0.15, 0.2) is 0 Å². The van der Waals surface area contributed by atoms with Crippen molar-refractivity contribution in [3.8, 4) is 6.07 Å². The molecule has 33 heavy (non-hydrogen) atoms. The smallest absolute Gasteiger partial charge is 0.0991 e. The zero-order chi connectivity index (χ0) is 22.6. The summed E-state index contributed by atoms with van der Waals surface area (Å²) in [5.74, 6) is 1.02. The van der Waals surface area contributed by atoms with E-state index in [4.69, 9.17) is 0 Å². The minimum atomic E-state index is -0.179. The largest absolute Gasteiger partial charge is 0.192 e. The first-order chi connectivity index (χ1) is 16.1. The van der Waals surface area contributed by atoms with Crippen LogP contribution in [0.3, 0.4) is 0 Å². The van der Waals surface area contributed by atoms with Crippen molar-refractivity contribution in [2.75, 3.05) is 0 Å². The fourth-order valence-electron chi connectivity index (χ4n) is 7.46. The van der Waals surface area contributed by atoms with Crippen molar-refractivity contribution in [1.82, 2.24) is 0 Å². The van der Waals surface area contributed by atoms with Crippen molar-refractivity contribution in [3.05, 3.63) is 143 Å². The molecule has 0 aliphatic heterocycles. The quantitative estimate of drug-likeness (QED) is 0.332. The lowest BCUT2D eigenvalue weighted by Crippen LogP contribution is -2.39. The number of hydrogen-bond acceptors (Lipinski definition) is 1. The second-order valence-electron chi connectivity index (χ2n) is 10.2. The molecule has 1 saturated carbocycles. The van der Waals surface area contributed by atoms with Crippen molar-refractivity contribution in [2.45, 2.75) is 37.0 Å². The van der Waals surface area contributed by atoms with Crippen molar-refractivity contribution in [1.29, 1.82) is 5.26 Å². The molecular weight excluding hydrogens is 398 g/mol. The molecule has 0 N–H and O–H groups in total. The van der Waals surface area contributed by atoms with Gasteiger partial charge in [-0.2, -0.15) is 5.26 Å². The van der Waals surface area contributed by atoms with Gasteiger partial charge in [0, 0.05) is 17.3 Å². The van der Waals surface area contributed by atoms with Crippen molar-refractivity contribution in [2.24, 2.45) is 5.41 Å². The Morgan fingerprint density at radius 1 is 0.636 bits per heavy atom. The molecule has 4 aromatic carbocycles. The summed E-state index contributed by atoms with van der Waals surface area (Å²) in [5.41, 5.74) is 7.63. The zero-order valence-corrected chi connectivity index (χ0v) is 19.1. The molecule has 1 fully saturated rings. The van der Waals surface area contributed by atoms with Crippen LogP contribution in [0.5, 0.6) is 0 Å². The summed E-state index contributed by atoms with van der Waals surface area (Å²) in [5, 5.41) is 9.40. The maximum Gasteiger partial charge on any atom is 0.0991 e. The van der Waals surface area contributed by atoms with Crippen LogP contribution in [-0.2, 0) is 5.41 Å². The molecular formula is C32H27N. The highest BCUT2D eigenvalue weighted by molar-refractivity contribution is 5.64. The summed E-state index contributed by atoms with van der Waals surface area (Å²) in [6.45, 7) is 4.91. The van der Waals surface area contributed by atoms with Gasteiger partial charge < -0.3 is 0 Å². The molecule has 2 aliphatic carbocycles. The molecule has 2 bridgehead atoms. The molecule has 1 nitrogen and oxygen atoms in total. The lowest BCUT2D eigenvalue weighted by atomic mass is 9.56. The summed E-state index contributed by atoms with van der Waals surface area (Å²) < 4.78 is 0. The lowest BCUT2D eigenvalue weighted by molar-refractivity contribution is 0.252. The predicted molar refractivity (Wildman–Crippen MR) is 133 cm³/mol. The average Bonchev–Trinajstić information content (AvgIpc) is 3.29. The van der Waals surface area contributed by atoms with E-state index >= 15 is 0 Å². The van der Waals surface area contributed by atoms with Gasteiger partial charge in [0.2, 0.25) is 0 Å². The Labute approximate surface area is 196 Å². The van der Waals surface area contributed by atoms with E-state index in [2.05, 4.69) is 117 Å². The first-order valence-corrected chi connectivity index (χ1v) is 11.8. The maximum atomic E-state index is 9.40. The maximum absolute atomic E-state index is 9.40. The number of fused-ring (bicyclic) bond motifs is 5. The van der Waals surface area contributed by atoms with Crippen LogP contribution >= 0.6 is 0 Å². The minimum Gasteiger partial charge on any atom is -0.192 e. The number of rotatable bonds is 3. The SMILES string of the molecule is CC1(C)[C@@H](c2ccc(C#N)cc2)[C@]2(c3ccccc3)c3ccccc3[C@H]1[C@@H]2c1ccccc1. The Morgan fingerprint density at radius 2 is 1.24 bits per heavy atom. The van der Waals surface area contributed by atoms with E-state index in [9.17, 15) is 5.26 Å². The molecule has 2 aliphatic rings. The predicted octanol–water partition coefficient (Wildman–Crippen LogP) is 7.55. The van der Waals surface area contributed by atoms with Crippen LogP contribution in [-0.4, -0.2) is 0 Å². The lowest BCUT2D eigenvalue weighted by Gasteiger charge is -2.46. The third-order valence-corrected chi connectivity index (χ3v) is 8.35. The van der Waals surface area contributed by atoms with Gasteiger partial charge in [-0.1, -0.05) is 111 Å². The number of hydrogen-bond donors (Lipinski definition) is 0. The van der Waals surface area contributed by atoms with E-state index in [0.717, 1.165) is 0 Å². The Morgan fingerprint density at radius 3 is 1.91 bits per heavy atom. The number of nitrogens with zero attached hydrogens (tertiary/aromatic N) is 1. The summed E-state index contributed by atoms with van der Waals surface area (Å²) in [6, 6.07) is 42.0. The van der Waals surface area contributed by atoms with Gasteiger partial charge in [-0.25, -0.2) is 0 Å². The molecule has 1 heteroatoms. The Balaban J connectivity index is 1.73. The normalized spacial score (nSPS) is 26.5. The molecule has 0 aromatic heterocycles. The molecule has 0 saturated heterocycles. The van der Waals surface area contributed by atoms with Gasteiger partial charge in [0.1, 0.15) is 0 Å². The van der Waals surface area contributed by atoms with E-state index in [1.807, 2.05) is 12.1 Å². The van der Waals surface area contributed by atoms with Crippen LogP contribution in [0, 0.1) is 16.7 Å². The van der Waals surface area contributed by atoms with Crippen molar-refractivity contribution in [3.63, 3.8) is 0 Å². The van der Waals surface area contributed by atoms with Crippen LogP contribution in [0.15, 0.2) is 109 Å². The first kappa shape index (κ1) is 20.0. The van der Waals surface area contributed by atoms with E-state index in [-0.39, 0.29) is 16.7 Å². The summed E-state index contributed by atoms with van der Waals surface area (Å²) in [4.78, 5) is 0. The molecule has 0 heterocycles. The summed E-state index contributed by atoms with van der Waals surface area (Å²) in [7, 11) is 0. The molecule has 4 aromatic rings. The number of nitriles is 1. The van der Waals surface area contributed by atoms with E-state index in [1.165, 1.54) is 27.8 Å². The van der Waals surface area contributed by atoms with Crippen LogP contribution in [0.2, 0.25) is 0 Å². The van der Waals surface area contributed by atoms with E-state index < -0.39 is 0 Å². The number of benzene rings is 4. The van der Waals surface area contributed by atoms with Crippen molar-refractivity contribution < 1.29 is 0 Å². The van der Waals surface area contributed by atoms with Crippen molar-refractivity contribution >= 4 is 0 Å². The molecule has 4 atom stereocenters. The van der Waals surface area contributed by atoms with Gasteiger partial charge in [-0.15, -0.1) is 0 Å². The van der Waals surface area contributed by atoms with Crippen LogP contribution in [0.4, 0.5) is 0 Å². The highest BCUT2D eigenvalue weighted by atomic mass is 14.7. The van der Waals surface area contributed by atoms with Gasteiger partial charge >= 0.3 is 0 Å². The Bertz CT molecular complexity index is 1350. The zero-order valence-electron chi connectivity index (χ0n) is 19.1. The van der Waals surface area contributed by atoms with Gasteiger partial charge in [0.05, 0.1) is 11.6 Å². The third kappa shape index (κ3) is 2.58. The Hall–Kier alpha value is -3.63. The van der Waals surface area contributed by atoms with E-state index in [1.54, 1.807) is 0 Å². The molecule has 0 radical (unpaired) electrons. The third-order valence-electron chi connectivity index (χ3n) is 8.35. The molecule has 0 unspecified atom stereocenters. The minimum absolute atomic E-state index is 0.0266. The molecule has 0 amide bonds. The summed E-state index contributed by atoms with van der Waals surface area (Å²) in [6.07, 6.45) is 0. The fourth-order valence-corrected chi connectivity index (χ4v) is 7.46. The van der Waals surface area contributed by atoms with E-state index in [0.29, 0.717) is 17.4 Å². The molecule has 6 rings (SSSR count). The van der Waals surface area contributed by atoms with Crippen LogP contribution < -0.4 is 0 Å². The standard InChI is InChI=1S/C32H27N/c1-31(2)29-26-15-9-10-16-27(26)32(25-13-7-4-8-14-25,28(29)23-11-5-3-6-12-23)30(31)24-19-17-22(21-33)18-20-24/h3-20,28-30H,1-2H3/t28-,29-,30+,32+/m0/s1. The molecule has 0 spiro atoms. The van der Waals surface area contributed by atoms with Crippen LogP contribution in [0.1, 0.15) is 65.0 Å². The van der Waals surface area contributed by atoms with Gasteiger partial charge in [-0.3, -0.25) is 0 Å². The highest BCUT2D eigenvalue weighted by Crippen LogP contribution is 2.78.